The smallest absolute Gasteiger partial charge is 0.269 e. The number of thiophene rings is 1. The third kappa shape index (κ3) is 5.04. The van der Waals surface area contributed by atoms with Gasteiger partial charge in [-0.1, -0.05) is 46.0 Å². The van der Waals surface area contributed by atoms with Crippen LogP contribution in [0.5, 0.6) is 0 Å². The molecular formula is C17H12BrN3O3S3. The van der Waals surface area contributed by atoms with Gasteiger partial charge in [0.25, 0.3) is 17.7 Å². The summed E-state index contributed by atoms with van der Waals surface area (Å²) >= 11 is 11.1. The molecule has 0 aliphatic carbocycles. The van der Waals surface area contributed by atoms with Gasteiger partial charge >= 0.3 is 0 Å². The van der Waals surface area contributed by atoms with Gasteiger partial charge in [0, 0.05) is 14.9 Å². The van der Waals surface area contributed by atoms with Crippen LogP contribution in [-0.2, 0) is 9.59 Å². The molecule has 2 heterocycles. The minimum Gasteiger partial charge on any atom is -0.283 e. The summed E-state index contributed by atoms with van der Waals surface area (Å²) in [7, 11) is 0. The van der Waals surface area contributed by atoms with Gasteiger partial charge in [-0.05, 0) is 41.8 Å². The third-order valence-electron chi connectivity index (χ3n) is 3.41. The molecule has 1 aromatic heterocycles. The van der Waals surface area contributed by atoms with E-state index in [0.717, 1.165) is 21.1 Å². The van der Waals surface area contributed by atoms with E-state index in [9.17, 15) is 14.4 Å². The molecule has 10 heteroatoms. The monoisotopic (exact) mass is 481 g/mol. The van der Waals surface area contributed by atoms with Crippen LogP contribution < -0.4 is 10.9 Å². The second-order valence-corrected chi connectivity index (χ2v) is 8.86. The highest BCUT2D eigenvalue weighted by atomic mass is 79.9. The van der Waals surface area contributed by atoms with Gasteiger partial charge in [0.2, 0.25) is 0 Å². The fourth-order valence-electron chi connectivity index (χ4n) is 2.12. The number of carbonyl (C=O) groups is 3. The quantitative estimate of drug-likeness (QED) is 0.398. The number of hydrazine groups is 1. The largest absolute Gasteiger partial charge is 0.283 e. The molecule has 1 aromatic carbocycles. The second kappa shape index (κ2) is 8.79. The Hall–Kier alpha value is -2.01. The second-order valence-electron chi connectivity index (χ2n) is 5.29. The van der Waals surface area contributed by atoms with E-state index in [2.05, 4.69) is 26.8 Å². The van der Waals surface area contributed by atoms with Crippen LogP contribution in [-0.4, -0.2) is 33.5 Å². The average Bonchev–Trinajstić information content (AvgIpc) is 3.24. The van der Waals surface area contributed by atoms with Crippen molar-refractivity contribution in [1.29, 1.82) is 0 Å². The van der Waals surface area contributed by atoms with Crippen molar-refractivity contribution in [3.05, 3.63) is 61.6 Å². The van der Waals surface area contributed by atoms with Crippen molar-refractivity contribution in [3.8, 4) is 0 Å². The Morgan fingerprint density at radius 3 is 2.59 bits per heavy atom. The van der Waals surface area contributed by atoms with Crippen LogP contribution in [0.25, 0.3) is 6.08 Å². The number of rotatable bonds is 4. The molecule has 0 atom stereocenters. The number of amides is 3. The van der Waals surface area contributed by atoms with E-state index in [1.165, 1.54) is 16.2 Å². The van der Waals surface area contributed by atoms with Crippen LogP contribution in [0.1, 0.15) is 15.2 Å². The van der Waals surface area contributed by atoms with Crippen molar-refractivity contribution in [2.75, 3.05) is 6.54 Å². The Morgan fingerprint density at radius 2 is 1.93 bits per heavy atom. The SMILES string of the molecule is O=C(CN1C(=O)/C(=C\c2cccs2)SC1=S)NNC(=O)c1ccc(Br)cc1. The molecule has 0 bridgehead atoms. The Bertz CT molecular complexity index is 927. The molecule has 6 nitrogen and oxygen atoms in total. The molecule has 0 spiro atoms. The summed E-state index contributed by atoms with van der Waals surface area (Å²) in [5.41, 5.74) is 5.00. The lowest BCUT2D eigenvalue weighted by atomic mass is 10.2. The van der Waals surface area contributed by atoms with E-state index in [0.29, 0.717) is 14.8 Å². The average molecular weight is 482 g/mol. The molecule has 1 aliphatic heterocycles. The summed E-state index contributed by atoms with van der Waals surface area (Å²) in [6, 6.07) is 10.4. The van der Waals surface area contributed by atoms with Crippen LogP contribution in [0.2, 0.25) is 0 Å². The molecule has 3 rings (SSSR count). The Kier molecular flexibility index (Phi) is 6.42. The molecule has 0 saturated carbocycles. The van der Waals surface area contributed by atoms with Crippen molar-refractivity contribution in [3.63, 3.8) is 0 Å². The number of hydrogen-bond acceptors (Lipinski definition) is 6. The van der Waals surface area contributed by atoms with Crippen LogP contribution in [0.3, 0.4) is 0 Å². The summed E-state index contributed by atoms with van der Waals surface area (Å²) < 4.78 is 1.14. The lowest BCUT2D eigenvalue weighted by Crippen LogP contribution is -2.47. The van der Waals surface area contributed by atoms with Gasteiger partial charge in [0.15, 0.2) is 0 Å². The van der Waals surface area contributed by atoms with E-state index in [1.54, 1.807) is 30.3 Å². The summed E-state index contributed by atoms with van der Waals surface area (Å²) in [5.74, 6) is -1.33. The number of benzene rings is 1. The molecule has 2 N–H and O–H groups in total. The fourth-order valence-corrected chi connectivity index (χ4v) is 4.36. The first-order valence-corrected chi connectivity index (χ1v) is 10.5. The van der Waals surface area contributed by atoms with Crippen LogP contribution in [0, 0.1) is 0 Å². The Labute approximate surface area is 177 Å². The van der Waals surface area contributed by atoms with Gasteiger partial charge in [0.1, 0.15) is 10.9 Å². The van der Waals surface area contributed by atoms with Crippen molar-refractivity contribution in [2.24, 2.45) is 0 Å². The highest BCUT2D eigenvalue weighted by Gasteiger charge is 2.33. The lowest BCUT2D eigenvalue weighted by molar-refractivity contribution is -0.129. The van der Waals surface area contributed by atoms with Crippen molar-refractivity contribution >= 4 is 79.4 Å². The lowest BCUT2D eigenvalue weighted by Gasteiger charge is -2.14. The summed E-state index contributed by atoms with van der Waals surface area (Å²) in [4.78, 5) is 39.1. The van der Waals surface area contributed by atoms with Crippen molar-refractivity contribution in [2.45, 2.75) is 0 Å². The predicted octanol–water partition coefficient (Wildman–Crippen LogP) is 3.17. The van der Waals surface area contributed by atoms with E-state index in [1.807, 2.05) is 17.5 Å². The van der Waals surface area contributed by atoms with E-state index in [-0.39, 0.29) is 12.5 Å². The van der Waals surface area contributed by atoms with Gasteiger partial charge in [-0.25, -0.2) is 0 Å². The molecule has 0 unspecified atom stereocenters. The summed E-state index contributed by atoms with van der Waals surface area (Å²) in [6.07, 6.45) is 1.75. The fraction of sp³-hybridized carbons (Fsp3) is 0.0588. The molecule has 138 valence electrons. The number of carbonyl (C=O) groups excluding carboxylic acids is 3. The van der Waals surface area contributed by atoms with Gasteiger partial charge in [0.05, 0.1) is 4.91 Å². The van der Waals surface area contributed by atoms with Crippen LogP contribution in [0.4, 0.5) is 0 Å². The van der Waals surface area contributed by atoms with E-state index >= 15 is 0 Å². The summed E-state index contributed by atoms with van der Waals surface area (Å²) in [5, 5.41) is 1.91. The zero-order valence-corrected chi connectivity index (χ0v) is 17.6. The van der Waals surface area contributed by atoms with E-state index < -0.39 is 11.8 Å². The van der Waals surface area contributed by atoms with Crippen LogP contribution in [0.15, 0.2) is 51.2 Å². The number of halogens is 1. The van der Waals surface area contributed by atoms with Gasteiger partial charge in [-0.3, -0.25) is 30.1 Å². The number of thiocarbonyl (C=S) groups is 1. The van der Waals surface area contributed by atoms with E-state index in [4.69, 9.17) is 12.2 Å². The number of nitrogens with one attached hydrogen (secondary N) is 2. The van der Waals surface area contributed by atoms with Crippen LogP contribution >= 0.6 is 51.2 Å². The third-order valence-corrected chi connectivity index (χ3v) is 6.14. The van der Waals surface area contributed by atoms with Gasteiger partial charge < -0.3 is 0 Å². The maximum absolute atomic E-state index is 12.5. The highest BCUT2D eigenvalue weighted by Crippen LogP contribution is 2.32. The number of hydrogen-bond donors (Lipinski definition) is 2. The molecule has 3 amide bonds. The molecule has 1 saturated heterocycles. The Morgan fingerprint density at radius 1 is 1.19 bits per heavy atom. The molecule has 27 heavy (non-hydrogen) atoms. The highest BCUT2D eigenvalue weighted by molar-refractivity contribution is 9.10. The minimum atomic E-state index is -0.547. The van der Waals surface area contributed by atoms with Gasteiger partial charge in [-0.15, -0.1) is 11.3 Å². The molecule has 1 fully saturated rings. The molecule has 2 aromatic rings. The zero-order valence-electron chi connectivity index (χ0n) is 13.6. The number of nitrogens with zero attached hydrogens (tertiary/aromatic N) is 1. The standard InChI is InChI=1S/C17H12BrN3O3S3/c18-11-5-3-10(4-6-11)15(23)20-19-14(22)9-21-16(24)13(27-17(21)25)8-12-2-1-7-26-12/h1-8H,9H2,(H,19,22)(H,20,23)/b13-8+. The maximum atomic E-state index is 12.5. The minimum absolute atomic E-state index is 0.271. The molecule has 0 radical (unpaired) electrons. The normalized spacial score (nSPS) is 15.3. The predicted molar refractivity (Wildman–Crippen MR) is 114 cm³/mol. The van der Waals surface area contributed by atoms with Crippen molar-refractivity contribution < 1.29 is 14.4 Å². The topological polar surface area (TPSA) is 78.5 Å². The Balaban J connectivity index is 1.56. The first-order chi connectivity index (χ1) is 12.9. The number of thioether (sulfide) groups is 1. The maximum Gasteiger partial charge on any atom is 0.269 e. The first kappa shape index (κ1) is 19.7. The van der Waals surface area contributed by atoms with Crippen molar-refractivity contribution in [1.82, 2.24) is 15.8 Å². The molecular weight excluding hydrogens is 470 g/mol. The van der Waals surface area contributed by atoms with Gasteiger partial charge in [-0.2, -0.15) is 0 Å². The summed E-state index contributed by atoms with van der Waals surface area (Å²) in [6.45, 7) is -0.271. The zero-order chi connectivity index (χ0) is 19.4. The first-order valence-electron chi connectivity index (χ1n) is 7.57. The molecule has 1 aliphatic rings.